The molecule has 0 spiro atoms. The Morgan fingerprint density at radius 3 is 2.27 bits per heavy atom. The quantitative estimate of drug-likeness (QED) is 0.938. The van der Waals surface area contributed by atoms with Crippen LogP contribution in [0.4, 0.5) is 0 Å². The van der Waals surface area contributed by atoms with Crippen LogP contribution < -0.4 is 4.87 Å². The van der Waals surface area contributed by atoms with Gasteiger partial charge in [-0.25, -0.2) is 0 Å². The highest BCUT2D eigenvalue weighted by molar-refractivity contribution is 7.09. The molecule has 1 heterocycles. The normalized spacial score (nSPS) is 11.6. The van der Waals surface area contributed by atoms with Crippen molar-refractivity contribution in [2.45, 2.75) is 46.1 Å². The highest BCUT2D eigenvalue weighted by Crippen LogP contribution is 2.29. The summed E-state index contributed by atoms with van der Waals surface area (Å²) in [5.74, 6) is -1.00. The monoisotopic (exact) mass is 319 g/mol. The Kier molecular flexibility index (Phi) is 4.56. The van der Waals surface area contributed by atoms with Crippen LogP contribution in [0, 0.1) is 0 Å². The first-order chi connectivity index (χ1) is 10.2. The highest BCUT2D eigenvalue weighted by Gasteiger charge is 2.19. The van der Waals surface area contributed by atoms with Gasteiger partial charge in [0, 0.05) is 4.88 Å². The molecule has 1 N–H and O–H groups in total. The van der Waals surface area contributed by atoms with Crippen molar-refractivity contribution in [3.8, 4) is 11.3 Å². The molecule has 0 saturated heterocycles. The third-order valence-electron chi connectivity index (χ3n) is 3.60. The first-order valence-corrected chi connectivity index (χ1v) is 8.11. The summed E-state index contributed by atoms with van der Waals surface area (Å²) in [4.78, 5) is 23.8. The fourth-order valence-electron chi connectivity index (χ4n) is 2.41. The molecule has 0 aliphatic heterocycles. The lowest BCUT2D eigenvalue weighted by Gasteiger charge is -2.19. The second-order valence-electron chi connectivity index (χ2n) is 6.30. The molecule has 0 amide bonds. The molecule has 0 bridgehead atoms. The van der Waals surface area contributed by atoms with Gasteiger partial charge < -0.3 is 5.11 Å². The minimum absolute atomic E-state index is 0.0570. The second-order valence-corrected chi connectivity index (χ2v) is 7.35. The van der Waals surface area contributed by atoms with Crippen LogP contribution in [0.25, 0.3) is 11.3 Å². The van der Waals surface area contributed by atoms with Crippen molar-refractivity contribution in [2.75, 3.05) is 0 Å². The van der Waals surface area contributed by atoms with Gasteiger partial charge in [-0.05, 0) is 23.0 Å². The number of aliphatic carboxylic acids is 1. The van der Waals surface area contributed by atoms with Crippen LogP contribution in [0.15, 0.2) is 29.1 Å². The molecule has 2 aromatic rings. The zero-order valence-electron chi connectivity index (χ0n) is 13.3. The number of carboxylic acid groups (broad SMARTS) is 1. The van der Waals surface area contributed by atoms with Crippen molar-refractivity contribution in [3.05, 3.63) is 44.4 Å². The minimum Gasteiger partial charge on any atom is -0.480 e. The lowest BCUT2D eigenvalue weighted by atomic mass is 9.86. The topological polar surface area (TPSA) is 59.3 Å². The predicted octanol–water partition coefficient (Wildman–Crippen LogP) is 3.52. The van der Waals surface area contributed by atoms with E-state index in [9.17, 15) is 9.59 Å². The molecule has 5 heteroatoms. The van der Waals surface area contributed by atoms with Crippen molar-refractivity contribution in [1.29, 1.82) is 0 Å². The third-order valence-corrected chi connectivity index (χ3v) is 4.73. The molecular weight excluding hydrogens is 298 g/mol. The number of hydrogen-bond acceptors (Lipinski definition) is 3. The van der Waals surface area contributed by atoms with E-state index in [1.165, 1.54) is 10.1 Å². The van der Waals surface area contributed by atoms with Crippen LogP contribution >= 0.6 is 11.3 Å². The van der Waals surface area contributed by atoms with Crippen molar-refractivity contribution in [1.82, 2.24) is 4.57 Å². The van der Waals surface area contributed by atoms with Crippen molar-refractivity contribution in [3.63, 3.8) is 0 Å². The Hall–Kier alpha value is -1.88. The lowest BCUT2D eigenvalue weighted by Crippen LogP contribution is -2.20. The SMILES string of the molecule is CCc1sc(=O)n(CC(=O)O)c1-c1ccc(C(C)(C)C)cc1. The number of carboxylic acids is 1. The average molecular weight is 319 g/mol. The van der Waals surface area contributed by atoms with E-state index < -0.39 is 5.97 Å². The van der Waals surface area contributed by atoms with E-state index in [-0.39, 0.29) is 16.8 Å². The summed E-state index contributed by atoms with van der Waals surface area (Å²) < 4.78 is 1.36. The van der Waals surface area contributed by atoms with Gasteiger partial charge in [0.1, 0.15) is 6.54 Å². The lowest BCUT2D eigenvalue weighted by molar-refractivity contribution is -0.137. The number of benzene rings is 1. The number of aryl methyl sites for hydroxylation is 1. The molecule has 1 aromatic carbocycles. The number of rotatable bonds is 4. The average Bonchev–Trinajstić information content (AvgIpc) is 2.74. The van der Waals surface area contributed by atoms with Crippen LogP contribution in [0.1, 0.15) is 38.1 Å². The van der Waals surface area contributed by atoms with Gasteiger partial charge in [0.2, 0.25) is 0 Å². The van der Waals surface area contributed by atoms with Gasteiger partial charge in [0.15, 0.2) is 0 Å². The molecule has 0 saturated carbocycles. The van der Waals surface area contributed by atoms with Gasteiger partial charge in [-0.15, -0.1) is 0 Å². The van der Waals surface area contributed by atoms with Gasteiger partial charge in [0.05, 0.1) is 5.69 Å². The number of carbonyl (C=O) groups is 1. The smallest absolute Gasteiger partial charge is 0.323 e. The molecule has 0 radical (unpaired) electrons. The number of nitrogens with zero attached hydrogens (tertiary/aromatic N) is 1. The third kappa shape index (κ3) is 3.30. The summed E-state index contributed by atoms with van der Waals surface area (Å²) in [5.41, 5.74) is 2.89. The van der Waals surface area contributed by atoms with Crippen LogP contribution in [0.2, 0.25) is 0 Å². The maximum atomic E-state index is 12.1. The molecule has 2 rings (SSSR count). The summed E-state index contributed by atoms with van der Waals surface area (Å²) in [7, 11) is 0. The molecule has 0 fully saturated rings. The van der Waals surface area contributed by atoms with Crippen LogP contribution in [0.3, 0.4) is 0 Å². The van der Waals surface area contributed by atoms with Crippen molar-refractivity contribution in [2.24, 2.45) is 0 Å². The molecule has 1 aromatic heterocycles. The van der Waals surface area contributed by atoms with E-state index in [0.29, 0.717) is 6.42 Å². The Morgan fingerprint density at radius 2 is 1.82 bits per heavy atom. The number of aromatic nitrogens is 1. The molecule has 0 unspecified atom stereocenters. The molecule has 0 atom stereocenters. The van der Waals surface area contributed by atoms with E-state index >= 15 is 0 Å². The van der Waals surface area contributed by atoms with E-state index in [4.69, 9.17) is 5.11 Å². The first kappa shape index (κ1) is 16.5. The van der Waals surface area contributed by atoms with Gasteiger partial charge in [-0.1, -0.05) is 63.3 Å². The molecule has 118 valence electrons. The molecule has 0 aliphatic rings. The zero-order chi connectivity index (χ0) is 16.5. The summed E-state index contributed by atoms with van der Waals surface area (Å²) in [6.45, 7) is 8.11. The van der Waals surface area contributed by atoms with Crippen LogP contribution in [0.5, 0.6) is 0 Å². The Balaban J connectivity index is 2.56. The number of hydrogen-bond donors (Lipinski definition) is 1. The molecule has 0 aliphatic carbocycles. The number of thiazole rings is 1. The summed E-state index contributed by atoms with van der Waals surface area (Å²) in [6.07, 6.45) is 0.711. The largest absolute Gasteiger partial charge is 0.480 e. The second kappa shape index (κ2) is 6.08. The van der Waals surface area contributed by atoms with Crippen LogP contribution in [-0.2, 0) is 23.2 Å². The fraction of sp³-hybridized carbons (Fsp3) is 0.412. The van der Waals surface area contributed by atoms with E-state index in [0.717, 1.165) is 27.5 Å². The molecule has 22 heavy (non-hydrogen) atoms. The van der Waals surface area contributed by atoms with Gasteiger partial charge in [-0.2, -0.15) is 0 Å². The Morgan fingerprint density at radius 1 is 1.23 bits per heavy atom. The van der Waals surface area contributed by atoms with E-state index in [2.05, 4.69) is 20.8 Å². The first-order valence-electron chi connectivity index (χ1n) is 7.29. The summed E-state index contributed by atoms with van der Waals surface area (Å²) in [6, 6.07) is 8.03. The molecular formula is C17H21NO3S. The van der Waals surface area contributed by atoms with Gasteiger partial charge >= 0.3 is 10.8 Å². The standard InChI is InChI=1S/C17H21NO3S/c1-5-13-15(18(10-14(19)20)16(21)22-13)11-6-8-12(9-7-11)17(2,3)4/h6-9H,5,10H2,1-4H3,(H,19,20). The maximum absolute atomic E-state index is 12.1. The predicted molar refractivity (Wildman–Crippen MR) is 89.7 cm³/mol. The zero-order valence-corrected chi connectivity index (χ0v) is 14.2. The minimum atomic E-state index is -1.00. The molecule has 4 nitrogen and oxygen atoms in total. The Labute approximate surface area is 134 Å². The summed E-state index contributed by atoms with van der Waals surface area (Å²) >= 11 is 1.13. The fourth-order valence-corrected chi connectivity index (χ4v) is 3.36. The van der Waals surface area contributed by atoms with Gasteiger partial charge in [-0.3, -0.25) is 14.2 Å². The Bertz CT molecular complexity index is 733. The highest BCUT2D eigenvalue weighted by atomic mass is 32.1. The van der Waals surface area contributed by atoms with Crippen molar-refractivity contribution >= 4 is 17.3 Å². The maximum Gasteiger partial charge on any atom is 0.323 e. The van der Waals surface area contributed by atoms with E-state index in [1.54, 1.807) is 0 Å². The van der Waals surface area contributed by atoms with Crippen LogP contribution in [-0.4, -0.2) is 15.6 Å². The summed E-state index contributed by atoms with van der Waals surface area (Å²) in [5, 5.41) is 9.04. The van der Waals surface area contributed by atoms with Gasteiger partial charge in [0.25, 0.3) is 0 Å². The van der Waals surface area contributed by atoms with Crippen molar-refractivity contribution < 1.29 is 9.90 Å². The van der Waals surface area contributed by atoms with E-state index in [1.807, 2.05) is 31.2 Å².